The molecule has 0 saturated carbocycles. The fraction of sp³-hybridized carbons (Fsp3) is 0.714. The van der Waals surface area contributed by atoms with Gasteiger partial charge in [-0.25, -0.2) is 0 Å². The summed E-state index contributed by atoms with van der Waals surface area (Å²) >= 11 is 0. The Morgan fingerprint density at radius 2 is 2.00 bits per heavy atom. The van der Waals surface area contributed by atoms with Crippen LogP contribution in [0.2, 0.25) is 0 Å². The van der Waals surface area contributed by atoms with E-state index in [0.717, 1.165) is 5.82 Å². The molecular formula is C14H23N5O2. The molecule has 1 atom stereocenters. The van der Waals surface area contributed by atoms with E-state index in [2.05, 4.69) is 15.0 Å². The van der Waals surface area contributed by atoms with E-state index in [-0.39, 0.29) is 5.92 Å². The minimum atomic E-state index is -0.768. The fourth-order valence-electron chi connectivity index (χ4n) is 2.28. The van der Waals surface area contributed by atoms with Crippen LogP contribution in [0.25, 0.3) is 0 Å². The van der Waals surface area contributed by atoms with Crippen LogP contribution in [0.1, 0.15) is 38.9 Å². The minimum absolute atomic E-state index is 0.193. The molecule has 116 valence electrons. The van der Waals surface area contributed by atoms with Gasteiger partial charge < -0.3 is 14.9 Å². The average Bonchev–Trinajstić information content (AvgIpc) is 2.82. The molecule has 0 amide bonds. The Hall–Kier alpha value is -1.92. The highest BCUT2D eigenvalue weighted by atomic mass is 16.4. The van der Waals surface area contributed by atoms with Crippen molar-refractivity contribution in [1.82, 2.24) is 15.0 Å². The highest BCUT2D eigenvalue weighted by Crippen LogP contribution is 2.32. The zero-order valence-corrected chi connectivity index (χ0v) is 13.3. The Morgan fingerprint density at radius 1 is 1.33 bits per heavy atom. The van der Waals surface area contributed by atoms with Crippen molar-refractivity contribution in [1.29, 1.82) is 0 Å². The lowest BCUT2D eigenvalue weighted by Crippen LogP contribution is -2.32. The highest BCUT2D eigenvalue weighted by Gasteiger charge is 2.41. The Morgan fingerprint density at radius 3 is 2.48 bits per heavy atom. The Bertz CT molecular complexity index is 520. The van der Waals surface area contributed by atoms with Gasteiger partial charge in [-0.1, -0.05) is 13.8 Å². The van der Waals surface area contributed by atoms with E-state index >= 15 is 0 Å². The van der Waals surface area contributed by atoms with Gasteiger partial charge in [-0.3, -0.25) is 4.79 Å². The largest absolute Gasteiger partial charge is 0.481 e. The lowest BCUT2D eigenvalue weighted by atomic mass is 9.90. The minimum Gasteiger partial charge on any atom is -0.481 e. The smallest absolute Gasteiger partial charge is 0.311 e. The van der Waals surface area contributed by atoms with Crippen LogP contribution in [0.15, 0.2) is 0 Å². The van der Waals surface area contributed by atoms with Crippen molar-refractivity contribution in [2.75, 3.05) is 37.0 Å². The number of carboxylic acids is 1. The lowest BCUT2D eigenvalue weighted by molar-refractivity contribution is -0.146. The summed E-state index contributed by atoms with van der Waals surface area (Å²) in [4.78, 5) is 28.5. The third kappa shape index (κ3) is 3.06. The number of rotatable bonds is 4. The molecule has 1 saturated heterocycles. The first kappa shape index (κ1) is 15.5. The molecule has 1 aliphatic heterocycles. The molecule has 21 heavy (non-hydrogen) atoms. The van der Waals surface area contributed by atoms with Crippen molar-refractivity contribution in [2.24, 2.45) is 5.41 Å². The molecule has 1 unspecified atom stereocenters. The second kappa shape index (κ2) is 5.46. The van der Waals surface area contributed by atoms with Crippen molar-refractivity contribution in [3.8, 4) is 0 Å². The summed E-state index contributed by atoms with van der Waals surface area (Å²) in [5.74, 6) is 1.33. The van der Waals surface area contributed by atoms with E-state index in [1.165, 1.54) is 0 Å². The predicted molar refractivity (Wildman–Crippen MR) is 80.8 cm³/mol. The maximum Gasteiger partial charge on any atom is 0.311 e. The van der Waals surface area contributed by atoms with Gasteiger partial charge in [0.05, 0.1) is 5.41 Å². The fourth-order valence-corrected chi connectivity index (χ4v) is 2.28. The van der Waals surface area contributed by atoms with Crippen LogP contribution in [0.3, 0.4) is 0 Å². The first-order valence-corrected chi connectivity index (χ1v) is 7.14. The third-order valence-electron chi connectivity index (χ3n) is 3.82. The molecular weight excluding hydrogens is 270 g/mol. The zero-order valence-electron chi connectivity index (χ0n) is 13.3. The van der Waals surface area contributed by atoms with Gasteiger partial charge in [-0.05, 0) is 13.3 Å². The summed E-state index contributed by atoms with van der Waals surface area (Å²) < 4.78 is 0. The van der Waals surface area contributed by atoms with Gasteiger partial charge in [-0.15, -0.1) is 0 Å². The van der Waals surface area contributed by atoms with E-state index in [0.29, 0.717) is 31.4 Å². The van der Waals surface area contributed by atoms with E-state index < -0.39 is 11.4 Å². The Balaban J connectivity index is 2.34. The number of nitrogens with zero attached hydrogens (tertiary/aromatic N) is 5. The number of aliphatic carboxylic acids is 1. The number of carbonyl (C=O) groups is 1. The van der Waals surface area contributed by atoms with Crippen LogP contribution in [0.4, 0.5) is 11.9 Å². The summed E-state index contributed by atoms with van der Waals surface area (Å²) in [6.45, 7) is 6.91. The van der Waals surface area contributed by atoms with E-state index in [9.17, 15) is 9.90 Å². The number of hydrogen-bond acceptors (Lipinski definition) is 6. The molecule has 0 aromatic carbocycles. The standard InChI is InChI=1S/C14H23N5O2/c1-9(2)10-15-12(18(4)5)17-13(16-10)19-7-6-14(3,8-19)11(20)21/h9H,6-8H2,1-5H3,(H,20,21). The van der Waals surface area contributed by atoms with Gasteiger partial charge in [-0.2, -0.15) is 15.0 Å². The average molecular weight is 293 g/mol. The molecule has 0 aliphatic carbocycles. The monoisotopic (exact) mass is 293 g/mol. The van der Waals surface area contributed by atoms with Gasteiger partial charge >= 0.3 is 5.97 Å². The Kier molecular flexibility index (Phi) is 4.02. The van der Waals surface area contributed by atoms with Crippen molar-refractivity contribution < 1.29 is 9.90 Å². The topological polar surface area (TPSA) is 82.5 Å². The molecule has 7 nitrogen and oxygen atoms in total. The first-order chi connectivity index (χ1) is 9.73. The van der Waals surface area contributed by atoms with Crippen LogP contribution < -0.4 is 9.80 Å². The molecule has 1 aromatic rings. The molecule has 0 radical (unpaired) electrons. The van der Waals surface area contributed by atoms with Crippen LogP contribution >= 0.6 is 0 Å². The molecule has 2 rings (SSSR count). The summed E-state index contributed by atoms with van der Waals surface area (Å²) in [6.07, 6.45) is 0.600. The molecule has 2 heterocycles. The summed E-state index contributed by atoms with van der Waals surface area (Å²) in [7, 11) is 3.77. The second-order valence-electron chi connectivity index (χ2n) is 6.38. The van der Waals surface area contributed by atoms with Crippen LogP contribution in [0, 0.1) is 5.41 Å². The molecule has 1 aromatic heterocycles. The number of hydrogen-bond donors (Lipinski definition) is 1. The van der Waals surface area contributed by atoms with Crippen LogP contribution in [-0.4, -0.2) is 53.2 Å². The second-order valence-corrected chi connectivity index (χ2v) is 6.38. The molecule has 1 fully saturated rings. The van der Waals surface area contributed by atoms with Gasteiger partial charge in [0.15, 0.2) is 0 Å². The van der Waals surface area contributed by atoms with Gasteiger partial charge in [0.1, 0.15) is 5.82 Å². The van der Waals surface area contributed by atoms with Crippen molar-refractivity contribution in [3.63, 3.8) is 0 Å². The van der Waals surface area contributed by atoms with Crippen molar-refractivity contribution >= 4 is 17.9 Å². The van der Waals surface area contributed by atoms with Crippen molar-refractivity contribution in [2.45, 2.75) is 33.1 Å². The molecule has 1 N–H and O–H groups in total. The number of aromatic nitrogens is 3. The Labute approximate surface area is 125 Å². The van der Waals surface area contributed by atoms with Gasteiger partial charge in [0.25, 0.3) is 0 Å². The molecule has 0 bridgehead atoms. The zero-order chi connectivity index (χ0) is 15.8. The molecule has 0 spiro atoms. The van der Waals surface area contributed by atoms with Crippen LogP contribution in [-0.2, 0) is 4.79 Å². The van der Waals surface area contributed by atoms with E-state index in [1.807, 2.05) is 37.7 Å². The summed E-state index contributed by atoms with van der Waals surface area (Å²) in [6, 6.07) is 0. The maximum atomic E-state index is 11.4. The maximum absolute atomic E-state index is 11.4. The van der Waals surface area contributed by atoms with Gasteiger partial charge in [0, 0.05) is 33.1 Å². The summed E-state index contributed by atoms with van der Waals surface area (Å²) in [5, 5.41) is 9.33. The highest BCUT2D eigenvalue weighted by molar-refractivity contribution is 5.76. The molecule has 7 heteroatoms. The lowest BCUT2D eigenvalue weighted by Gasteiger charge is -2.22. The van der Waals surface area contributed by atoms with Gasteiger partial charge in [0.2, 0.25) is 11.9 Å². The SMILES string of the molecule is CC(C)c1nc(N(C)C)nc(N2CCC(C)(C(=O)O)C2)n1. The van der Waals surface area contributed by atoms with Crippen molar-refractivity contribution in [3.05, 3.63) is 5.82 Å². The number of carboxylic acid groups (broad SMARTS) is 1. The molecule has 1 aliphatic rings. The summed E-state index contributed by atoms with van der Waals surface area (Å²) in [5.41, 5.74) is -0.733. The van der Waals surface area contributed by atoms with E-state index in [1.54, 1.807) is 6.92 Å². The number of anilines is 2. The quantitative estimate of drug-likeness (QED) is 0.897. The normalized spacial score (nSPS) is 21.9. The van der Waals surface area contributed by atoms with Crippen LogP contribution in [0.5, 0.6) is 0 Å². The third-order valence-corrected chi connectivity index (χ3v) is 3.82. The van der Waals surface area contributed by atoms with E-state index in [4.69, 9.17) is 0 Å². The predicted octanol–water partition coefficient (Wildman–Crippen LogP) is 1.36. The first-order valence-electron chi connectivity index (χ1n) is 7.14.